The van der Waals surface area contributed by atoms with Gasteiger partial charge in [0.25, 0.3) is 0 Å². The summed E-state index contributed by atoms with van der Waals surface area (Å²) in [7, 11) is 0. The van der Waals surface area contributed by atoms with Gasteiger partial charge in [-0.1, -0.05) is 11.6 Å². The SMILES string of the molecule is NC1=NC(N)(c2cc(Cl)cc(C(F)(F)F)c2)NO1. The van der Waals surface area contributed by atoms with Gasteiger partial charge in [-0.05, 0) is 18.2 Å². The third kappa shape index (κ3) is 2.35. The summed E-state index contributed by atoms with van der Waals surface area (Å²) in [6.07, 6.45) is -4.54. The second-order valence-corrected chi connectivity index (χ2v) is 4.08. The fraction of sp³-hybridized carbons (Fsp3) is 0.222. The van der Waals surface area contributed by atoms with E-state index < -0.39 is 17.5 Å². The minimum Gasteiger partial charge on any atom is -0.367 e. The lowest BCUT2D eigenvalue weighted by Crippen LogP contribution is -2.45. The summed E-state index contributed by atoms with van der Waals surface area (Å²) in [6.45, 7) is 0. The van der Waals surface area contributed by atoms with Crippen LogP contribution in [-0.4, -0.2) is 6.02 Å². The Kier molecular flexibility index (Phi) is 2.88. The quantitative estimate of drug-likeness (QED) is 0.723. The second kappa shape index (κ2) is 4.01. The van der Waals surface area contributed by atoms with Gasteiger partial charge < -0.3 is 10.6 Å². The first-order valence-corrected chi connectivity index (χ1v) is 5.05. The molecule has 5 N–H and O–H groups in total. The number of alkyl halides is 3. The zero-order chi connectivity index (χ0) is 13.6. The van der Waals surface area contributed by atoms with Crippen molar-refractivity contribution in [1.82, 2.24) is 5.48 Å². The fourth-order valence-corrected chi connectivity index (χ4v) is 1.68. The Hall–Kier alpha value is -1.51. The normalized spacial score (nSPS) is 23.7. The number of amidine groups is 1. The number of halogens is 4. The zero-order valence-corrected chi connectivity index (χ0v) is 9.51. The molecule has 5 nitrogen and oxygen atoms in total. The number of nitrogens with zero attached hydrogens (tertiary/aromatic N) is 1. The number of hydrogen-bond acceptors (Lipinski definition) is 5. The Balaban J connectivity index is 2.50. The molecular formula is C9H8ClF3N4O. The number of benzene rings is 1. The lowest BCUT2D eigenvalue weighted by Gasteiger charge is -2.20. The highest BCUT2D eigenvalue weighted by atomic mass is 35.5. The molecule has 1 aromatic rings. The minimum atomic E-state index is -4.54. The molecule has 1 atom stereocenters. The molecule has 0 fully saturated rings. The van der Waals surface area contributed by atoms with Gasteiger partial charge in [-0.15, -0.1) is 5.48 Å². The molecule has 98 valence electrons. The average molecular weight is 281 g/mol. The van der Waals surface area contributed by atoms with Crippen LogP contribution in [0.5, 0.6) is 0 Å². The van der Waals surface area contributed by atoms with Gasteiger partial charge in [0.15, 0.2) is 0 Å². The lowest BCUT2D eigenvalue weighted by molar-refractivity contribution is -0.137. The van der Waals surface area contributed by atoms with E-state index in [9.17, 15) is 13.2 Å². The molecule has 1 aliphatic rings. The summed E-state index contributed by atoms with van der Waals surface area (Å²) in [5, 5.41) is -0.118. The molecule has 2 rings (SSSR count). The summed E-state index contributed by atoms with van der Waals surface area (Å²) in [5.74, 6) is -1.69. The van der Waals surface area contributed by atoms with Crippen LogP contribution in [-0.2, 0) is 16.8 Å². The molecule has 18 heavy (non-hydrogen) atoms. The molecule has 0 saturated heterocycles. The number of hydroxylamine groups is 1. The average Bonchev–Trinajstić information content (AvgIpc) is 2.58. The Bertz CT molecular complexity index is 519. The van der Waals surface area contributed by atoms with E-state index in [2.05, 4.69) is 15.3 Å². The molecule has 1 heterocycles. The Morgan fingerprint density at radius 3 is 2.50 bits per heavy atom. The minimum absolute atomic E-state index is 0.0113. The van der Waals surface area contributed by atoms with E-state index in [1.807, 2.05) is 0 Å². The van der Waals surface area contributed by atoms with Gasteiger partial charge in [-0.2, -0.15) is 18.2 Å². The third-order valence-electron chi connectivity index (χ3n) is 2.26. The highest BCUT2D eigenvalue weighted by Gasteiger charge is 2.37. The maximum Gasteiger partial charge on any atom is 0.416 e. The molecular weight excluding hydrogens is 273 g/mol. The molecule has 9 heteroatoms. The van der Waals surface area contributed by atoms with Crippen LogP contribution >= 0.6 is 11.6 Å². The molecule has 1 aromatic carbocycles. The third-order valence-corrected chi connectivity index (χ3v) is 2.48. The van der Waals surface area contributed by atoms with E-state index in [0.717, 1.165) is 12.1 Å². The smallest absolute Gasteiger partial charge is 0.367 e. The van der Waals surface area contributed by atoms with Crippen molar-refractivity contribution in [3.8, 4) is 0 Å². The largest absolute Gasteiger partial charge is 0.416 e. The van der Waals surface area contributed by atoms with Gasteiger partial charge in [0.05, 0.1) is 5.56 Å². The van der Waals surface area contributed by atoms with E-state index in [-0.39, 0.29) is 16.6 Å². The summed E-state index contributed by atoms with van der Waals surface area (Å²) >= 11 is 5.63. The molecule has 1 aliphatic heterocycles. The monoisotopic (exact) mass is 280 g/mol. The molecule has 0 spiro atoms. The number of nitrogens with one attached hydrogen (secondary N) is 1. The van der Waals surface area contributed by atoms with Crippen LogP contribution in [0.25, 0.3) is 0 Å². The fourth-order valence-electron chi connectivity index (χ4n) is 1.45. The van der Waals surface area contributed by atoms with Crippen LogP contribution in [0.15, 0.2) is 23.2 Å². The molecule has 0 radical (unpaired) electrons. The van der Waals surface area contributed by atoms with Crippen LogP contribution in [0.3, 0.4) is 0 Å². The van der Waals surface area contributed by atoms with Gasteiger partial charge in [-0.25, -0.2) is 0 Å². The summed E-state index contributed by atoms with van der Waals surface area (Å²) in [5.41, 5.74) is 12.2. The Morgan fingerprint density at radius 1 is 1.33 bits per heavy atom. The van der Waals surface area contributed by atoms with E-state index in [4.69, 9.17) is 23.1 Å². The number of nitrogens with two attached hydrogens (primary N) is 2. The van der Waals surface area contributed by atoms with Crippen molar-refractivity contribution in [3.63, 3.8) is 0 Å². The predicted molar refractivity (Wildman–Crippen MR) is 58.2 cm³/mol. The molecule has 1 unspecified atom stereocenters. The summed E-state index contributed by atoms with van der Waals surface area (Å²) < 4.78 is 37.9. The van der Waals surface area contributed by atoms with Gasteiger partial charge in [0.2, 0.25) is 5.79 Å². The molecule has 0 aliphatic carbocycles. The van der Waals surface area contributed by atoms with Crippen molar-refractivity contribution >= 4 is 17.6 Å². The highest BCUT2D eigenvalue weighted by molar-refractivity contribution is 6.30. The topological polar surface area (TPSA) is 85.7 Å². The zero-order valence-electron chi connectivity index (χ0n) is 8.75. The number of aliphatic imine (C=N–C) groups is 1. The summed E-state index contributed by atoms with van der Waals surface area (Å²) in [4.78, 5) is 8.28. The number of rotatable bonds is 1. The van der Waals surface area contributed by atoms with Crippen LogP contribution in [0.1, 0.15) is 11.1 Å². The standard InChI is InChI=1S/C9H8ClF3N4O/c10-6-2-4(8(11,12)13)1-5(3-6)9(15)16-7(14)18-17-9/h1-3,17H,15H2,(H2,14,16). The molecule has 0 amide bonds. The first-order valence-electron chi connectivity index (χ1n) is 4.67. The van der Waals surface area contributed by atoms with Gasteiger partial charge in [0.1, 0.15) is 0 Å². The molecule has 0 bridgehead atoms. The molecule has 0 aromatic heterocycles. The van der Waals surface area contributed by atoms with Crippen LogP contribution in [0.4, 0.5) is 13.2 Å². The first-order chi connectivity index (χ1) is 8.21. The van der Waals surface area contributed by atoms with Crippen molar-refractivity contribution in [3.05, 3.63) is 34.3 Å². The lowest BCUT2D eigenvalue weighted by atomic mass is 10.1. The van der Waals surface area contributed by atoms with E-state index in [1.54, 1.807) is 0 Å². The van der Waals surface area contributed by atoms with Crippen molar-refractivity contribution in [1.29, 1.82) is 0 Å². The van der Waals surface area contributed by atoms with E-state index in [1.165, 1.54) is 6.07 Å². The first kappa shape index (κ1) is 12.9. The van der Waals surface area contributed by atoms with Crippen LogP contribution in [0, 0.1) is 0 Å². The van der Waals surface area contributed by atoms with Gasteiger partial charge in [0, 0.05) is 10.6 Å². The van der Waals surface area contributed by atoms with Gasteiger partial charge in [-0.3, -0.25) is 5.73 Å². The maximum atomic E-state index is 12.6. The van der Waals surface area contributed by atoms with Crippen molar-refractivity contribution in [2.24, 2.45) is 16.5 Å². The summed E-state index contributed by atoms with van der Waals surface area (Å²) in [6, 6.07) is 2.59. The van der Waals surface area contributed by atoms with E-state index >= 15 is 0 Å². The predicted octanol–water partition coefficient (Wildman–Crippen LogP) is 1.28. The van der Waals surface area contributed by atoms with Crippen molar-refractivity contribution in [2.75, 3.05) is 0 Å². The molecule has 0 saturated carbocycles. The Labute approximate surface area is 105 Å². The highest BCUT2D eigenvalue weighted by Crippen LogP contribution is 2.34. The maximum absolute atomic E-state index is 12.6. The number of hydrogen-bond donors (Lipinski definition) is 3. The van der Waals surface area contributed by atoms with Gasteiger partial charge >= 0.3 is 12.2 Å². The van der Waals surface area contributed by atoms with Crippen LogP contribution < -0.4 is 16.9 Å². The Morgan fingerprint density at radius 2 is 2.00 bits per heavy atom. The van der Waals surface area contributed by atoms with Crippen molar-refractivity contribution in [2.45, 2.75) is 12.0 Å². The van der Waals surface area contributed by atoms with Crippen LogP contribution in [0.2, 0.25) is 5.02 Å². The second-order valence-electron chi connectivity index (χ2n) is 3.65. The van der Waals surface area contributed by atoms with Crippen molar-refractivity contribution < 1.29 is 18.0 Å². The van der Waals surface area contributed by atoms with E-state index in [0.29, 0.717) is 0 Å².